The molecule has 0 bridgehead atoms. The third-order valence-electron chi connectivity index (χ3n) is 2.11. The lowest BCUT2D eigenvalue weighted by Gasteiger charge is -2.16. The van der Waals surface area contributed by atoms with Crippen LogP contribution in [0.25, 0.3) is 0 Å². The molecule has 0 atom stereocenters. The number of hydrogen-bond acceptors (Lipinski definition) is 3. The molecule has 1 aromatic heterocycles. The van der Waals surface area contributed by atoms with Crippen LogP contribution in [0, 0.1) is 3.57 Å². The average Bonchev–Trinajstić information content (AvgIpc) is 2.21. The Bertz CT molecular complexity index is 365. The number of pyridine rings is 1. The number of ether oxygens (including phenoxy) is 1. The predicted octanol–water partition coefficient (Wildman–Crippen LogP) is 1.06. The maximum absolute atomic E-state index is 11.5. The molecule has 0 amide bonds. The zero-order chi connectivity index (χ0) is 11.3. The minimum atomic E-state index is -0.00818. The number of aromatic amines is 1. The van der Waals surface area contributed by atoms with Crippen molar-refractivity contribution in [3.05, 3.63) is 31.8 Å². The number of nitrogens with zero attached hydrogens (tertiary/aromatic N) is 1. The van der Waals surface area contributed by atoms with Crippen molar-refractivity contribution < 1.29 is 4.74 Å². The second kappa shape index (κ2) is 6.24. The largest absolute Gasteiger partial charge is 0.383 e. The van der Waals surface area contributed by atoms with Crippen LogP contribution in [0.3, 0.4) is 0 Å². The fourth-order valence-electron chi connectivity index (χ4n) is 1.23. The van der Waals surface area contributed by atoms with Gasteiger partial charge in [0.1, 0.15) is 0 Å². The Morgan fingerprint density at radius 1 is 1.60 bits per heavy atom. The summed E-state index contributed by atoms with van der Waals surface area (Å²) in [7, 11) is 3.65. The monoisotopic (exact) mass is 322 g/mol. The number of aromatic nitrogens is 1. The van der Waals surface area contributed by atoms with Crippen LogP contribution in [0.1, 0.15) is 5.56 Å². The smallest absolute Gasteiger partial charge is 0.253 e. The molecule has 5 heteroatoms. The molecule has 0 fully saturated rings. The van der Waals surface area contributed by atoms with Gasteiger partial charge in [-0.1, -0.05) is 0 Å². The van der Waals surface area contributed by atoms with Gasteiger partial charge in [-0.15, -0.1) is 0 Å². The Hall–Kier alpha value is -0.400. The molecule has 84 valence electrons. The van der Waals surface area contributed by atoms with E-state index in [1.807, 2.05) is 13.1 Å². The van der Waals surface area contributed by atoms with Gasteiger partial charge in [0, 0.05) is 35.5 Å². The van der Waals surface area contributed by atoms with Crippen LogP contribution < -0.4 is 5.56 Å². The Labute approximate surface area is 103 Å². The zero-order valence-electron chi connectivity index (χ0n) is 8.92. The summed E-state index contributed by atoms with van der Waals surface area (Å²) < 4.78 is 5.98. The Morgan fingerprint density at radius 3 is 2.93 bits per heavy atom. The number of methoxy groups -OCH3 is 1. The first-order valence-electron chi connectivity index (χ1n) is 4.68. The summed E-state index contributed by atoms with van der Waals surface area (Å²) in [6, 6.07) is 1.90. The van der Waals surface area contributed by atoms with E-state index in [-0.39, 0.29) is 5.56 Å². The van der Waals surface area contributed by atoms with Crippen LogP contribution in [0.2, 0.25) is 0 Å². The molecule has 0 spiro atoms. The normalized spacial score (nSPS) is 10.9. The molecule has 0 aliphatic rings. The Morgan fingerprint density at radius 2 is 2.33 bits per heavy atom. The number of nitrogens with one attached hydrogen (secondary N) is 1. The van der Waals surface area contributed by atoms with Crippen LogP contribution in [-0.4, -0.2) is 37.2 Å². The van der Waals surface area contributed by atoms with Crippen molar-refractivity contribution in [2.45, 2.75) is 6.54 Å². The molecule has 0 aliphatic heterocycles. The molecule has 0 saturated heterocycles. The third-order valence-corrected chi connectivity index (χ3v) is 3.12. The maximum Gasteiger partial charge on any atom is 0.253 e. The lowest BCUT2D eigenvalue weighted by Crippen LogP contribution is -2.27. The van der Waals surface area contributed by atoms with Crippen molar-refractivity contribution >= 4 is 22.6 Å². The van der Waals surface area contributed by atoms with Gasteiger partial charge in [0.25, 0.3) is 5.56 Å². The van der Waals surface area contributed by atoms with E-state index in [9.17, 15) is 4.79 Å². The molecule has 1 heterocycles. The van der Waals surface area contributed by atoms with Gasteiger partial charge in [-0.3, -0.25) is 9.69 Å². The van der Waals surface area contributed by atoms with Gasteiger partial charge >= 0.3 is 0 Å². The Balaban J connectivity index is 2.67. The lowest BCUT2D eigenvalue weighted by atomic mass is 10.2. The molecule has 0 aromatic carbocycles. The van der Waals surface area contributed by atoms with E-state index in [0.717, 1.165) is 15.7 Å². The van der Waals surface area contributed by atoms with Gasteiger partial charge in [0.2, 0.25) is 0 Å². The third kappa shape index (κ3) is 3.92. The van der Waals surface area contributed by atoms with Gasteiger partial charge in [-0.05, 0) is 35.7 Å². The average molecular weight is 322 g/mol. The minimum absolute atomic E-state index is 0.00818. The SMILES string of the molecule is COCCN(C)Cc1c(I)cc[nH]c1=O. The quantitative estimate of drug-likeness (QED) is 0.825. The van der Waals surface area contributed by atoms with E-state index < -0.39 is 0 Å². The molecule has 1 N–H and O–H groups in total. The standard InChI is InChI=1S/C10H15IN2O2/c1-13(5-6-15-2)7-8-9(11)3-4-12-10(8)14/h3-4H,5-7H2,1-2H3,(H,12,14). The first kappa shape index (κ1) is 12.7. The fourth-order valence-corrected chi connectivity index (χ4v) is 1.83. The summed E-state index contributed by atoms with van der Waals surface area (Å²) in [6.45, 7) is 2.15. The molecule has 0 unspecified atom stereocenters. The van der Waals surface area contributed by atoms with Crippen molar-refractivity contribution in [2.24, 2.45) is 0 Å². The van der Waals surface area contributed by atoms with Gasteiger partial charge in [-0.2, -0.15) is 0 Å². The van der Waals surface area contributed by atoms with E-state index in [1.165, 1.54) is 0 Å². The van der Waals surface area contributed by atoms with Gasteiger partial charge in [0.05, 0.1) is 6.61 Å². The zero-order valence-corrected chi connectivity index (χ0v) is 11.1. The second-order valence-electron chi connectivity index (χ2n) is 3.36. The van der Waals surface area contributed by atoms with E-state index in [0.29, 0.717) is 13.2 Å². The highest BCUT2D eigenvalue weighted by molar-refractivity contribution is 14.1. The number of hydrogen-bond donors (Lipinski definition) is 1. The van der Waals surface area contributed by atoms with E-state index in [1.54, 1.807) is 13.3 Å². The summed E-state index contributed by atoms with van der Waals surface area (Å²) in [6.07, 6.45) is 1.67. The summed E-state index contributed by atoms with van der Waals surface area (Å²) in [5.74, 6) is 0. The van der Waals surface area contributed by atoms with E-state index >= 15 is 0 Å². The molecule has 0 radical (unpaired) electrons. The lowest BCUT2D eigenvalue weighted by molar-refractivity contribution is 0.158. The topological polar surface area (TPSA) is 45.3 Å². The van der Waals surface area contributed by atoms with Crippen molar-refractivity contribution in [2.75, 3.05) is 27.3 Å². The van der Waals surface area contributed by atoms with Gasteiger partial charge in [0.15, 0.2) is 0 Å². The first-order chi connectivity index (χ1) is 7.15. The van der Waals surface area contributed by atoms with Crippen LogP contribution >= 0.6 is 22.6 Å². The van der Waals surface area contributed by atoms with Crippen molar-refractivity contribution in [1.29, 1.82) is 0 Å². The van der Waals surface area contributed by atoms with Gasteiger partial charge < -0.3 is 9.72 Å². The highest BCUT2D eigenvalue weighted by Crippen LogP contribution is 2.08. The van der Waals surface area contributed by atoms with Crippen LogP contribution in [0.15, 0.2) is 17.1 Å². The van der Waals surface area contributed by atoms with Crippen LogP contribution in [-0.2, 0) is 11.3 Å². The minimum Gasteiger partial charge on any atom is -0.383 e. The Kier molecular flexibility index (Phi) is 5.27. The molecule has 15 heavy (non-hydrogen) atoms. The highest BCUT2D eigenvalue weighted by atomic mass is 127. The van der Waals surface area contributed by atoms with Crippen LogP contribution in [0.5, 0.6) is 0 Å². The highest BCUT2D eigenvalue weighted by Gasteiger charge is 2.07. The molecule has 4 nitrogen and oxygen atoms in total. The summed E-state index contributed by atoms with van der Waals surface area (Å²) in [5, 5.41) is 0. The van der Waals surface area contributed by atoms with Crippen LogP contribution in [0.4, 0.5) is 0 Å². The maximum atomic E-state index is 11.5. The number of likely N-dealkylation sites (N-methyl/N-ethyl adjacent to an activating group) is 1. The molecule has 1 rings (SSSR count). The molecule has 0 saturated carbocycles. The van der Waals surface area contributed by atoms with Crippen molar-refractivity contribution in [1.82, 2.24) is 9.88 Å². The first-order valence-corrected chi connectivity index (χ1v) is 5.76. The second-order valence-corrected chi connectivity index (χ2v) is 4.53. The fraction of sp³-hybridized carbons (Fsp3) is 0.500. The summed E-state index contributed by atoms with van der Waals surface area (Å²) in [4.78, 5) is 16.3. The van der Waals surface area contributed by atoms with Crippen molar-refractivity contribution in [3.63, 3.8) is 0 Å². The van der Waals surface area contributed by atoms with E-state index in [4.69, 9.17) is 4.74 Å². The van der Waals surface area contributed by atoms with E-state index in [2.05, 4.69) is 32.5 Å². The molecular weight excluding hydrogens is 307 g/mol. The molecule has 0 aliphatic carbocycles. The van der Waals surface area contributed by atoms with Crippen molar-refractivity contribution in [3.8, 4) is 0 Å². The molecular formula is C10H15IN2O2. The summed E-state index contributed by atoms with van der Waals surface area (Å²) in [5.41, 5.74) is 0.808. The number of H-pyrrole nitrogens is 1. The number of rotatable bonds is 5. The van der Waals surface area contributed by atoms with Gasteiger partial charge in [-0.25, -0.2) is 0 Å². The molecule has 1 aromatic rings. The summed E-state index contributed by atoms with van der Waals surface area (Å²) >= 11 is 2.18. The number of halogens is 1. The predicted molar refractivity (Wildman–Crippen MR) is 68.0 cm³/mol.